The first-order valence-electron chi connectivity index (χ1n) is 3.99. The number of hydrogen-bond donors (Lipinski definition) is 0. The number of Topliss-reactive ketones (excluding diaryl/α,β-unsaturated/α-hetero) is 1. The summed E-state index contributed by atoms with van der Waals surface area (Å²) in [7, 11) is 0. The van der Waals surface area contributed by atoms with Crippen molar-refractivity contribution in [2.24, 2.45) is 5.92 Å². The van der Waals surface area contributed by atoms with E-state index >= 15 is 0 Å². The molecule has 4 heteroatoms. The van der Waals surface area contributed by atoms with Crippen LogP contribution in [0.2, 0.25) is 0 Å². The van der Waals surface area contributed by atoms with Crippen molar-refractivity contribution in [1.29, 1.82) is 0 Å². The van der Waals surface area contributed by atoms with Crippen molar-refractivity contribution in [2.45, 2.75) is 20.2 Å². The summed E-state index contributed by atoms with van der Waals surface area (Å²) in [5, 5.41) is 9.92. The Bertz CT molecular complexity index is 202. The molecule has 1 unspecified atom stereocenters. The molecule has 0 saturated heterocycles. The molecular weight excluding hydrogens is 143 g/mol. The average molecular weight is 155 g/mol. The molecule has 0 bridgehead atoms. The van der Waals surface area contributed by atoms with Crippen molar-refractivity contribution in [3.05, 3.63) is 0 Å². The molecule has 0 rings (SSSR count). The van der Waals surface area contributed by atoms with E-state index in [1.807, 2.05) is 0 Å². The molecule has 0 aliphatic carbocycles. The molecule has 0 heterocycles. The number of hydrogen-bond acceptors (Lipinski definition) is 3. The zero-order valence-electron chi connectivity index (χ0n) is 9.01. The van der Waals surface area contributed by atoms with Gasteiger partial charge in [-0.3, -0.25) is 4.79 Å². The van der Waals surface area contributed by atoms with E-state index in [-0.39, 0.29) is 29.6 Å². The van der Waals surface area contributed by atoms with Crippen LogP contribution in [0.15, 0.2) is 0 Å². The van der Waals surface area contributed by atoms with Gasteiger partial charge in [0.1, 0.15) is 5.97 Å². The van der Waals surface area contributed by atoms with Crippen LogP contribution in [-0.2, 0) is 9.59 Å². The third-order valence-electron chi connectivity index (χ3n) is 0.719. The number of rotatable bonds is 3. The van der Waals surface area contributed by atoms with E-state index in [4.69, 9.17) is 4.11 Å². The zero-order chi connectivity index (χ0) is 9.94. The van der Waals surface area contributed by atoms with Gasteiger partial charge in [-0.05, 0) is 5.92 Å². The summed E-state index contributed by atoms with van der Waals surface area (Å²) in [6, 6.07) is 0. The summed E-state index contributed by atoms with van der Waals surface area (Å²) < 4.78 is 20.5. The minimum atomic E-state index is -2.29. The second-order valence-corrected chi connectivity index (χ2v) is 1.82. The number of carboxylic acid groups (broad SMARTS) is 1. The zero-order valence-corrected chi connectivity index (χ0v) is 8.01. The molecule has 0 aromatic heterocycles. The summed E-state index contributed by atoms with van der Waals surface area (Å²) in [6.07, 6.45) is -0.501. The maximum Gasteiger partial charge on any atom is 1.00 e. The van der Waals surface area contributed by atoms with E-state index in [9.17, 15) is 14.7 Å². The van der Waals surface area contributed by atoms with E-state index in [0.29, 0.717) is 0 Å². The van der Waals surface area contributed by atoms with Crippen LogP contribution in [0.5, 0.6) is 0 Å². The third kappa shape index (κ3) is 6.26. The van der Waals surface area contributed by atoms with E-state index in [1.54, 1.807) is 0 Å². The minimum absolute atomic E-state index is 0. The maximum absolute atomic E-state index is 10.5. The van der Waals surface area contributed by atoms with Crippen molar-refractivity contribution in [2.75, 3.05) is 0 Å². The Morgan fingerprint density at radius 1 is 1.70 bits per heavy atom. The van der Waals surface area contributed by atoms with Crippen molar-refractivity contribution >= 4 is 11.8 Å². The molecule has 0 radical (unpaired) electrons. The number of ketones is 1. The van der Waals surface area contributed by atoms with Gasteiger partial charge in [0.05, 0.1) is 0 Å². The molecule has 0 aromatic carbocycles. The van der Waals surface area contributed by atoms with E-state index in [2.05, 4.69) is 0 Å². The fourth-order valence-corrected chi connectivity index (χ4v) is 0.361. The van der Waals surface area contributed by atoms with Gasteiger partial charge in [0, 0.05) is 10.5 Å². The molecular formula is C6H9NaO3. The normalized spacial score (nSPS) is 17.1. The van der Waals surface area contributed by atoms with Gasteiger partial charge in [-0.15, -0.1) is 0 Å². The SMILES string of the molecule is [2H]C([2H])([2H])C(C)CC(=O)C(=O)[O-].[Na+]. The summed E-state index contributed by atoms with van der Waals surface area (Å²) in [4.78, 5) is 20.4. The monoisotopic (exact) mass is 155 g/mol. The summed E-state index contributed by atoms with van der Waals surface area (Å²) in [6.45, 7) is -0.987. The van der Waals surface area contributed by atoms with Crippen molar-refractivity contribution < 1.29 is 48.4 Å². The van der Waals surface area contributed by atoms with Gasteiger partial charge in [0.25, 0.3) is 0 Å². The molecule has 10 heavy (non-hydrogen) atoms. The molecule has 0 aliphatic rings. The van der Waals surface area contributed by atoms with Gasteiger partial charge < -0.3 is 9.90 Å². The van der Waals surface area contributed by atoms with E-state index in [1.165, 1.54) is 6.92 Å². The van der Waals surface area contributed by atoms with Crippen LogP contribution in [-0.4, -0.2) is 11.8 Å². The van der Waals surface area contributed by atoms with Crippen molar-refractivity contribution in [1.82, 2.24) is 0 Å². The Kier molecular flexibility index (Phi) is 4.02. The van der Waals surface area contributed by atoms with Crippen molar-refractivity contribution in [3.63, 3.8) is 0 Å². The van der Waals surface area contributed by atoms with Crippen LogP contribution < -0.4 is 34.7 Å². The van der Waals surface area contributed by atoms with Crippen LogP contribution in [0.3, 0.4) is 0 Å². The molecule has 0 spiro atoms. The first-order chi connectivity index (χ1) is 5.25. The van der Waals surface area contributed by atoms with Gasteiger partial charge in [0.15, 0.2) is 5.78 Å². The first kappa shape index (κ1) is 6.83. The van der Waals surface area contributed by atoms with E-state index in [0.717, 1.165) is 0 Å². The van der Waals surface area contributed by atoms with Crippen LogP contribution in [0.25, 0.3) is 0 Å². The third-order valence-corrected chi connectivity index (χ3v) is 0.719. The topological polar surface area (TPSA) is 57.2 Å². The second kappa shape index (κ2) is 5.89. The Morgan fingerprint density at radius 2 is 2.20 bits per heavy atom. The average Bonchev–Trinajstić information content (AvgIpc) is 1.85. The molecule has 0 saturated carbocycles. The Hall–Kier alpha value is 0.140. The van der Waals surface area contributed by atoms with Crippen LogP contribution in [0, 0.1) is 5.92 Å². The Labute approximate surface area is 86.3 Å². The second-order valence-electron chi connectivity index (χ2n) is 1.82. The minimum Gasteiger partial charge on any atom is -0.542 e. The van der Waals surface area contributed by atoms with Gasteiger partial charge in [-0.2, -0.15) is 0 Å². The van der Waals surface area contributed by atoms with Crippen LogP contribution in [0.1, 0.15) is 24.3 Å². The molecule has 0 amide bonds. The fraction of sp³-hybridized carbons (Fsp3) is 0.667. The van der Waals surface area contributed by atoms with E-state index < -0.39 is 30.9 Å². The predicted octanol–water partition coefficient (Wildman–Crippen LogP) is -3.64. The number of carbonyl (C=O) groups excluding carboxylic acids is 2. The molecule has 52 valence electrons. The van der Waals surface area contributed by atoms with Gasteiger partial charge in [0.2, 0.25) is 0 Å². The largest absolute Gasteiger partial charge is 1.00 e. The van der Waals surface area contributed by atoms with Gasteiger partial charge >= 0.3 is 29.6 Å². The molecule has 0 aromatic rings. The summed E-state index contributed by atoms with van der Waals surface area (Å²) in [5.41, 5.74) is 0. The maximum atomic E-state index is 10.5. The molecule has 0 fully saturated rings. The Balaban J connectivity index is 0. The van der Waals surface area contributed by atoms with Crippen LogP contribution in [0.4, 0.5) is 0 Å². The molecule has 1 atom stereocenters. The number of aliphatic carboxylic acids is 1. The standard InChI is InChI=1S/C6H10O3.Na/c1-4(2)3-5(7)6(8)9;/h4H,3H2,1-2H3,(H,8,9);/q;+1/p-1/i1D3;. The quantitative estimate of drug-likeness (QED) is 0.312. The first-order valence-corrected chi connectivity index (χ1v) is 2.49. The Morgan fingerprint density at radius 3 is 2.50 bits per heavy atom. The summed E-state index contributed by atoms with van der Waals surface area (Å²) >= 11 is 0. The van der Waals surface area contributed by atoms with Crippen LogP contribution >= 0.6 is 0 Å². The van der Waals surface area contributed by atoms with Gasteiger partial charge in [-0.1, -0.05) is 13.8 Å². The summed E-state index contributed by atoms with van der Waals surface area (Å²) in [5.74, 6) is -3.94. The number of carbonyl (C=O) groups is 2. The predicted molar refractivity (Wildman–Crippen MR) is 29.5 cm³/mol. The molecule has 0 aliphatic heterocycles. The van der Waals surface area contributed by atoms with Crippen molar-refractivity contribution in [3.8, 4) is 0 Å². The van der Waals surface area contributed by atoms with Gasteiger partial charge in [-0.25, -0.2) is 0 Å². The fourth-order valence-electron chi connectivity index (χ4n) is 0.361. The smallest absolute Gasteiger partial charge is 0.542 e. The number of carboxylic acids is 1. The molecule has 0 N–H and O–H groups in total. The molecule has 3 nitrogen and oxygen atoms in total.